The Morgan fingerprint density at radius 1 is 0.957 bits per heavy atom. The summed E-state index contributed by atoms with van der Waals surface area (Å²) in [5.41, 5.74) is 1.52. The lowest BCUT2D eigenvalue weighted by Crippen LogP contribution is -2.47. The molecule has 0 spiro atoms. The molecule has 2 aromatic carbocycles. The fourth-order valence-electron chi connectivity index (χ4n) is 4.01. The Morgan fingerprint density at radius 3 is 2.00 bits per heavy atom. The SMILES string of the molecule is CC(C)[C@@H]1[C@@H](c2ccccc2)O[C@@H](c2ccccc2)C[C@@]1(C)O. The van der Waals surface area contributed by atoms with Gasteiger partial charge in [0.05, 0.1) is 17.8 Å². The number of hydrogen-bond acceptors (Lipinski definition) is 2. The van der Waals surface area contributed by atoms with Gasteiger partial charge in [0.25, 0.3) is 0 Å². The van der Waals surface area contributed by atoms with Crippen molar-refractivity contribution in [2.24, 2.45) is 11.8 Å². The van der Waals surface area contributed by atoms with Crippen LogP contribution in [-0.4, -0.2) is 10.7 Å². The van der Waals surface area contributed by atoms with Gasteiger partial charge < -0.3 is 9.84 Å². The standard InChI is InChI=1S/C21H26O2/c1-15(2)19-20(17-12-8-5-9-13-17)23-18(14-21(19,3)22)16-10-6-4-7-11-16/h4-13,15,18-20,22H,14H2,1-3H3/t18-,19-,20-,21-/m1/s1. The van der Waals surface area contributed by atoms with E-state index >= 15 is 0 Å². The fourth-order valence-corrected chi connectivity index (χ4v) is 4.01. The molecule has 0 radical (unpaired) electrons. The highest BCUT2D eigenvalue weighted by Gasteiger charge is 2.47. The van der Waals surface area contributed by atoms with Crippen LogP contribution in [0.3, 0.4) is 0 Å². The van der Waals surface area contributed by atoms with E-state index in [9.17, 15) is 5.11 Å². The Labute approximate surface area is 139 Å². The maximum Gasteiger partial charge on any atom is 0.0891 e. The molecule has 1 N–H and O–H groups in total. The number of hydrogen-bond donors (Lipinski definition) is 1. The second kappa shape index (κ2) is 6.46. The van der Waals surface area contributed by atoms with Crippen molar-refractivity contribution in [3.8, 4) is 0 Å². The van der Waals surface area contributed by atoms with Gasteiger partial charge in [-0.05, 0) is 24.0 Å². The average molecular weight is 310 g/mol. The van der Waals surface area contributed by atoms with Crippen LogP contribution in [0.5, 0.6) is 0 Å². The molecule has 0 bridgehead atoms. The zero-order chi connectivity index (χ0) is 16.4. The summed E-state index contributed by atoms with van der Waals surface area (Å²) in [6.45, 7) is 6.30. The zero-order valence-corrected chi connectivity index (χ0v) is 14.1. The van der Waals surface area contributed by atoms with Gasteiger partial charge in [-0.25, -0.2) is 0 Å². The molecule has 23 heavy (non-hydrogen) atoms. The third-order valence-electron chi connectivity index (χ3n) is 4.97. The van der Waals surface area contributed by atoms with Crippen molar-refractivity contribution >= 4 is 0 Å². The molecule has 1 aliphatic rings. The molecule has 4 atom stereocenters. The first kappa shape index (κ1) is 16.2. The van der Waals surface area contributed by atoms with Crippen LogP contribution in [0, 0.1) is 11.8 Å². The number of benzene rings is 2. The fraction of sp³-hybridized carbons (Fsp3) is 0.429. The van der Waals surface area contributed by atoms with Gasteiger partial charge in [0.15, 0.2) is 0 Å². The lowest BCUT2D eigenvalue weighted by atomic mass is 9.70. The Hall–Kier alpha value is -1.64. The van der Waals surface area contributed by atoms with Crippen molar-refractivity contribution in [1.29, 1.82) is 0 Å². The maximum atomic E-state index is 11.2. The monoisotopic (exact) mass is 310 g/mol. The van der Waals surface area contributed by atoms with Gasteiger partial charge in [-0.15, -0.1) is 0 Å². The molecule has 0 aromatic heterocycles. The van der Waals surface area contributed by atoms with E-state index in [0.29, 0.717) is 12.3 Å². The smallest absolute Gasteiger partial charge is 0.0891 e. The van der Waals surface area contributed by atoms with E-state index < -0.39 is 5.60 Å². The first-order valence-electron chi connectivity index (χ1n) is 8.47. The van der Waals surface area contributed by atoms with E-state index in [2.05, 4.69) is 38.1 Å². The van der Waals surface area contributed by atoms with Crippen LogP contribution >= 0.6 is 0 Å². The van der Waals surface area contributed by atoms with E-state index in [0.717, 1.165) is 11.1 Å². The van der Waals surface area contributed by atoms with Gasteiger partial charge in [0.2, 0.25) is 0 Å². The molecule has 0 saturated carbocycles. The minimum absolute atomic E-state index is 0.0739. The van der Waals surface area contributed by atoms with Gasteiger partial charge in [-0.2, -0.15) is 0 Å². The summed E-state index contributed by atoms with van der Waals surface area (Å²) >= 11 is 0. The Bertz CT molecular complexity index is 619. The summed E-state index contributed by atoms with van der Waals surface area (Å²) in [5, 5.41) is 11.2. The normalized spacial score (nSPS) is 31.3. The molecule has 1 fully saturated rings. The van der Waals surface area contributed by atoms with Crippen molar-refractivity contribution < 1.29 is 9.84 Å². The van der Waals surface area contributed by atoms with Crippen molar-refractivity contribution in [2.45, 2.75) is 45.0 Å². The van der Waals surface area contributed by atoms with Crippen LogP contribution in [-0.2, 0) is 4.74 Å². The van der Waals surface area contributed by atoms with Gasteiger partial charge >= 0.3 is 0 Å². The Balaban J connectivity index is 1.99. The Kier molecular flexibility index (Phi) is 4.56. The van der Waals surface area contributed by atoms with E-state index in [-0.39, 0.29) is 18.1 Å². The van der Waals surface area contributed by atoms with E-state index in [1.54, 1.807) is 0 Å². The second-order valence-corrected chi connectivity index (χ2v) is 7.20. The van der Waals surface area contributed by atoms with E-state index in [1.807, 2.05) is 43.3 Å². The van der Waals surface area contributed by atoms with Crippen LogP contribution in [0.2, 0.25) is 0 Å². The van der Waals surface area contributed by atoms with Crippen molar-refractivity contribution in [3.63, 3.8) is 0 Å². The molecule has 0 aliphatic carbocycles. The molecule has 1 heterocycles. The minimum atomic E-state index is -0.757. The lowest BCUT2D eigenvalue weighted by molar-refractivity contribution is -0.196. The lowest BCUT2D eigenvalue weighted by Gasteiger charge is -2.48. The third kappa shape index (κ3) is 3.34. The van der Waals surface area contributed by atoms with Gasteiger partial charge in [-0.1, -0.05) is 74.5 Å². The molecule has 2 heteroatoms. The van der Waals surface area contributed by atoms with Crippen LogP contribution in [0.4, 0.5) is 0 Å². The highest BCUT2D eigenvalue weighted by molar-refractivity contribution is 5.24. The summed E-state index contributed by atoms with van der Waals surface area (Å²) in [6, 6.07) is 20.5. The summed E-state index contributed by atoms with van der Waals surface area (Å²) in [7, 11) is 0. The molecule has 122 valence electrons. The molecule has 2 aromatic rings. The van der Waals surface area contributed by atoms with Gasteiger partial charge in [0.1, 0.15) is 0 Å². The molecule has 1 saturated heterocycles. The predicted octanol–water partition coefficient (Wildman–Crippen LogP) is 4.91. The number of aliphatic hydroxyl groups is 1. The average Bonchev–Trinajstić information content (AvgIpc) is 2.54. The van der Waals surface area contributed by atoms with Gasteiger partial charge in [-0.3, -0.25) is 0 Å². The number of ether oxygens (including phenoxy) is 1. The quantitative estimate of drug-likeness (QED) is 0.872. The van der Waals surface area contributed by atoms with Crippen molar-refractivity contribution in [3.05, 3.63) is 71.8 Å². The van der Waals surface area contributed by atoms with E-state index in [1.165, 1.54) is 0 Å². The van der Waals surface area contributed by atoms with Gasteiger partial charge in [0, 0.05) is 12.3 Å². The molecular formula is C21H26O2. The summed E-state index contributed by atoms with van der Waals surface area (Å²) in [5.74, 6) is 0.414. The minimum Gasteiger partial charge on any atom is -0.390 e. The highest BCUT2D eigenvalue weighted by Crippen LogP contribution is 2.50. The summed E-state index contributed by atoms with van der Waals surface area (Å²) in [6.07, 6.45) is 0.458. The molecule has 1 aliphatic heterocycles. The van der Waals surface area contributed by atoms with E-state index in [4.69, 9.17) is 4.74 Å². The molecule has 0 amide bonds. The van der Waals surface area contributed by atoms with Crippen LogP contribution in [0.15, 0.2) is 60.7 Å². The Morgan fingerprint density at radius 2 is 1.48 bits per heavy atom. The molecule has 3 rings (SSSR count). The zero-order valence-electron chi connectivity index (χ0n) is 14.1. The first-order valence-corrected chi connectivity index (χ1v) is 8.47. The molecule has 2 nitrogen and oxygen atoms in total. The maximum absolute atomic E-state index is 11.2. The van der Waals surface area contributed by atoms with Crippen LogP contribution in [0.25, 0.3) is 0 Å². The van der Waals surface area contributed by atoms with Crippen LogP contribution < -0.4 is 0 Å². The van der Waals surface area contributed by atoms with Crippen LogP contribution in [0.1, 0.15) is 50.5 Å². The summed E-state index contributed by atoms with van der Waals surface area (Å²) in [4.78, 5) is 0. The summed E-state index contributed by atoms with van der Waals surface area (Å²) < 4.78 is 6.51. The third-order valence-corrected chi connectivity index (χ3v) is 4.97. The van der Waals surface area contributed by atoms with Crippen molar-refractivity contribution in [1.82, 2.24) is 0 Å². The molecule has 0 unspecified atom stereocenters. The van der Waals surface area contributed by atoms with Crippen molar-refractivity contribution in [2.75, 3.05) is 0 Å². The largest absolute Gasteiger partial charge is 0.390 e. The highest BCUT2D eigenvalue weighted by atomic mass is 16.5. The molecular weight excluding hydrogens is 284 g/mol. The second-order valence-electron chi connectivity index (χ2n) is 7.20. The number of rotatable bonds is 3. The topological polar surface area (TPSA) is 29.5 Å². The predicted molar refractivity (Wildman–Crippen MR) is 93.0 cm³/mol. The first-order chi connectivity index (χ1) is 11.0.